The first-order valence-electron chi connectivity index (χ1n) is 5.74. The van der Waals surface area contributed by atoms with Gasteiger partial charge in [0.15, 0.2) is 0 Å². The lowest BCUT2D eigenvalue weighted by molar-refractivity contribution is 0.0297. The standard InChI is InChI=1S/C12H17NO2/c1-12(11-3-2-7-15-11)9-5-8-14-10(9)4-6-13-12/h5,8,11,13H,2-4,6-7H2,1H3. The molecule has 1 fully saturated rings. The molecule has 2 atom stereocenters. The smallest absolute Gasteiger partial charge is 0.110 e. The maximum absolute atomic E-state index is 5.82. The normalized spacial score (nSPS) is 35.4. The Morgan fingerprint density at radius 3 is 3.27 bits per heavy atom. The Kier molecular flexibility index (Phi) is 2.11. The van der Waals surface area contributed by atoms with Gasteiger partial charge in [0.25, 0.3) is 0 Å². The summed E-state index contributed by atoms with van der Waals surface area (Å²) in [4.78, 5) is 0. The highest BCUT2D eigenvalue weighted by Gasteiger charge is 2.42. The highest BCUT2D eigenvalue weighted by atomic mass is 16.5. The average molecular weight is 207 g/mol. The minimum atomic E-state index is -0.0446. The quantitative estimate of drug-likeness (QED) is 0.762. The van der Waals surface area contributed by atoms with Crippen LogP contribution >= 0.6 is 0 Å². The fourth-order valence-electron chi connectivity index (χ4n) is 2.85. The van der Waals surface area contributed by atoms with Crippen LogP contribution in [0.5, 0.6) is 0 Å². The minimum Gasteiger partial charge on any atom is -0.469 e. The molecule has 0 bridgehead atoms. The molecule has 1 aromatic heterocycles. The zero-order valence-electron chi connectivity index (χ0n) is 9.08. The summed E-state index contributed by atoms with van der Waals surface area (Å²) in [6, 6.07) is 2.09. The molecule has 0 amide bonds. The molecule has 1 N–H and O–H groups in total. The molecule has 3 heteroatoms. The van der Waals surface area contributed by atoms with E-state index in [1.807, 2.05) is 0 Å². The van der Waals surface area contributed by atoms with Crippen LogP contribution in [0.2, 0.25) is 0 Å². The number of nitrogens with one attached hydrogen (secondary N) is 1. The highest BCUT2D eigenvalue weighted by molar-refractivity contribution is 5.31. The van der Waals surface area contributed by atoms with E-state index in [0.29, 0.717) is 6.10 Å². The molecule has 3 nitrogen and oxygen atoms in total. The first-order chi connectivity index (χ1) is 7.31. The molecule has 15 heavy (non-hydrogen) atoms. The van der Waals surface area contributed by atoms with E-state index in [1.165, 1.54) is 12.0 Å². The van der Waals surface area contributed by atoms with Gasteiger partial charge < -0.3 is 14.5 Å². The van der Waals surface area contributed by atoms with Gasteiger partial charge in [0, 0.05) is 25.1 Å². The van der Waals surface area contributed by atoms with Gasteiger partial charge in [-0.25, -0.2) is 0 Å². The van der Waals surface area contributed by atoms with Crippen LogP contribution in [0, 0.1) is 0 Å². The van der Waals surface area contributed by atoms with Crippen molar-refractivity contribution in [3.63, 3.8) is 0 Å². The van der Waals surface area contributed by atoms with Crippen molar-refractivity contribution in [2.75, 3.05) is 13.2 Å². The summed E-state index contributed by atoms with van der Waals surface area (Å²) in [5, 5.41) is 3.59. The molecule has 82 valence electrons. The fraction of sp³-hybridized carbons (Fsp3) is 0.667. The van der Waals surface area contributed by atoms with Crippen molar-refractivity contribution < 1.29 is 9.15 Å². The van der Waals surface area contributed by atoms with Crippen molar-refractivity contribution in [1.29, 1.82) is 0 Å². The van der Waals surface area contributed by atoms with E-state index in [2.05, 4.69) is 18.3 Å². The van der Waals surface area contributed by atoms with Gasteiger partial charge in [0.2, 0.25) is 0 Å². The van der Waals surface area contributed by atoms with Gasteiger partial charge >= 0.3 is 0 Å². The summed E-state index contributed by atoms with van der Waals surface area (Å²) < 4.78 is 11.3. The van der Waals surface area contributed by atoms with E-state index in [-0.39, 0.29) is 5.54 Å². The van der Waals surface area contributed by atoms with Gasteiger partial charge in [-0.15, -0.1) is 0 Å². The molecular weight excluding hydrogens is 190 g/mol. The molecule has 0 saturated carbocycles. The van der Waals surface area contributed by atoms with E-state index in [1.54, 1.807) is 6.26 Å². The lowest BCUT2D eigenvalue weighted by Gasteiger charge is -2.38. The Hall–Kier alpha value is -0.800. The fourth-order valence-corrected chi connectivity index (χ4v) is 2.85. The Labute approximate surface area is 89.8 Å². The third kappa shape index (κ3) is 1.34. The van der Waals surface area contributed by atoms with Crippen LogP contribution in [0.25, 0.3) is 0 Å². The molecule has 0 aliphatic carbocycles. The summed E-state index contributed by atoms with van der Waals surface area (Å²) in [5.74, 6) is 1.13. The van der Waals surface area contributed by atoms with Crippen LogP contribution in [0.3, 0.4) is 0 Å². The van der Waals surface area contributed by atoms with Gasteiger partial charge in [-0.05, 0) is 25.8 Å². The lowest BCUT2D eigenvalue weighted by atomic mass is 9.82. The Bertz CT molecular complexity index is 354. The Morgan fingerprint density at radius 1 is 1.53 bits per heavy atom. The van der Waals surface area contributed by atoms with Crippen LogP contribution in [0.15, 0.2) is 16.7 Å². The predicted octanol–water partition coefficient (Wildman–Crippen LogP) is 1.82. The van der Waals surface area contributed by atoms with Crippen molar-refractivity contribution >= 4 is 0 Å². The third-order valence-electron chi connectivity index (χ3n) is 3.72. The maximum Gasteiger partial charge on any atom is 0.110 e. The average Bonchev–Trinajstić information content (AvgIpc) is 2.89. The molecule has 1 saturated heterocycles. The molecular formula is C12H17NO2. The van der Waals surface area contributed by atoms with E-state index in [9.17, 15) is 0 Å². The summed E-state index contributed by atoms with van der Waals surface area (Å²) in [6.45, 7) is 4.11. The van der Waals surface area contributed by atoms with Crippen LogP contribution < -0.4 is 5.32 Å². The van der Waals surface area contributed by atoms with Crippen molar-refractivity contribution in [2.24, 2.45) is 0 Å². The van der Waals surface area contributed by atoms with Gasteiger partial charge in [-0.2, -0.15) is 0 Å². The molecule has 0 spiro atoms. The molecule has 3 heterocycles. The molecule has 0 radical (unpaired) electrons. The van der Waals surface area contributed by atoms with Gasteiger partial charge in [-0.1, -0.05) is 0 Å². The SMILES string of the molecule is CC1(C2CCCO2)NCCc2occc21. The zero-order valence-corrected chi connectivity index (χ0v) is 9.08. The monoisotopic (exact) mass is 207 g/mol. The number of hydrogen-bond acceptors (Lipinski definition) is 3. The second-order valence-corrected chi connectivity index (χ2v) is 4.64. The van der Waals surface area contributed by atoms with E-state index in [4.69, 9.17) is 9.15 Å². The molecule has 2 aliphatic heterocycles. The maximum atomic E-state index is 5.82. The van der Waals surface area contributed by atoms with E-state index >= 15 is 0 Å². The zero-order chi connectivity index (χ0) is 10.3. The van der Waals surface area contributed by atoms with Crippen LogP contribution in [-0.4, -0.2) is 19.3 Å². The number of ether oxygens (including phenoxy) is 1. The van der Waals surface area contributed by atoms with Gasteiger partial charge in [0.1, 0.15) is 5.76 Å². The molecule has 1 aromatic rings. The highest BCUT2D eigenvalue weighted by Crippen LogP contribution is 2.37. The van der Waals surface area contributed by atoms with Gasteiger partial charge in [-0.3, -0.25) is 0 Å². The first-order valence-corrected chi connectivity index (χ1v) is 5.74. The number of hydrogen-bond donors (Lipinski definition) is 1. The van der Waals surface area contributed by atoms with Crippen LogP contribution in [-0.2, 0) is 16.7 Å². The van der Waals surface area contributed by atoms with Crippen molar-refractivity contribution in [1.82, 2.24) is 5.32 Å². The van der Waals surface area contributed by atoms with E-state index in [0.717, 1.165) is 31.8 Å². The predicted molar refractivity (Wildman–Crippen MR) is 56.7 cm³/mol. The summed E-state index contributed by atoms with van der Waals surface area (Å²) >= 11 is 0. The second-order valence-electron chi connectivity index (χ2n) is 4.64. The van der Waals surface area contributed by atoms with Crippen molar-refractivity contribution in [3.8, 4) is 0 Å². The molecule has 0 aromatic carbocycles. The second kappa shape index (κ2) is 3.35. The summed E-state index contributed by atoms with van der Waals surface area (Å²) in [7, 11) is 0. The summed E-state index contributed by atoms with van der Waals surface area (Å²) in [5.41, 5.74) is 1.25. The number of fused-ring (bicyclic) bond motifs is 1. The van der Waals surface area contributed by atoms with Crippen molar-refractivity contribution in [3.05, 3.63) is 23.7 Å². The van der Waals surface area contributed by atoms with Gasteiger partial charge in [0.05, 0.1) is 17.9 Å². The number of furan rings is 1. The summed E-state index contributed by atoms with van der Waals surface area (Å²) in [6.07, 6.45) is 5.41. The lowest BCUT2D eigenvalue weighted by Crippen LogP contribution is -2.52. The molecule has 2 aliphatic rings. The van der Waals surface area contributed by atoms with Crippen LogP contribution in [0.4, 0.5) is 0 Å². The molecule has 3 rings (SSSR count). The minimum absolute atomic E-state index is 0.0446. The Balaban J connectivity index is 1.99. The largest absolute Gasteiger partial charge is 0.469 e. The van der Waals surface area contributed by atoms with E-state index < -0.39 is 0 Å². The number of rotatable bonds is 1. The Morgan fingerprint density at radius 2 is 2.47 bits per heavy atom. The third-order valence-corrected chi connectivity index (χ3v) is 3.72. The topological polar surface area (TPSA) is 34.4 Å². The van der Waals surface area contributed by atoms with Crippen LogP contribution in [0.1, 0.15) is 31.1 Å². The van der Waals surface area contributed by atoms with Crippen molar-refractivity contribution in [2.45, 2.75) is 37.8 Å². The molecule has 2 unspecified atom stereocenters. The first kappa shape index (κ1) is 9.43.